The predicted octanol–water partition coefficient (Wildman–Crippen LogP) is 18.5. The molecule has 0 aromatic carbocycles. The van der Waals surface area contributed by atoms with Gasteiger partial charge in [0, 0.05) is 31.8 Å². The molecule has 3 aliphatic carbocycles. The van der Waals surface area contributed by atoms with E-state index in [1.54, 1.807) is 25.3 Å². The molecule has 12 rings (SSSR count). The van der Waals surface area contributed by atoms with Gasteiger partial charge in [0.25, 0.3) is 0 Å². The Hall–Kier alpha value is -5.93. The minimum Gasteiger partial charge on any atom is -0.459 e. The quantitative estimate of drug-likeness (QED) is 0.0906. The summed E-state index contributed by atoms with van der Waals surface area (Å²) in [6.45, 7) is 27.6. The Morgan fingerprint density at radius 2 is 0.807 bits per heavy atom. The zero-order valence-electron chi connectivity index (χ0n) is 67.7. The van der Waals surface area contributed by atoms with E-state index in [9.17, 15) is 34.8 Å². The Labute approximate surface area is 685 Å². The SMILES string of the molecule is C.C.C.C=C1C[C@H](C)C[C@@H]2CC=C[C@@H](C/C=C\C(=O)O[C@H](C/C=C/[C@@H]3CC(C)=CCO3)C[C@@H]3CC3[C@@H](O)C1)O2.C=C1C[C@H](C)C[C@@H]2CC=C[C@@H](C/C=C\C(=O)O[C@H]([C@@H](O)/C=C/[C@@H]3CC(C)=CCO3)C[C@@H]3CC3[C@@H](O)C1)O2.C=C1C[C@H](C)C[C@@H]2CC=C[C@@H](C/C=C\C(=O)O[C@H]([C@H](/C=C/[C@@H]3CC(C)=CCO3)OC)C[C@@H]3CC3[C@@H](O)C1)O2. The van der Waals surface area contributed by atoms with E-state index < -0.39 is 42.6 Å². The van der Waals surface area contributed by atoms with Crippen molar-refractivity contribution in [3.63, 3.8) is 0 Å². The second-order valence-electron chi connectivity index (χ2n) is 34.7. The van der Waals surface area contributed by atoms with Crippen LogP contribution in [0, 0.1) is 53.3 Å². The monoisotopic (exact) mass is 1580 g/mol. The minimum atomic E-state index is -0.947. The van der Waals surface area contributed by atoms with E-state index in [0.29, 0.717) is 101 Å². The highest BCUT2D eigenvalue weighted by atomic mass is 16.6. The summed E-state index contributed by atoms with van der Waals surface area (Å²) in [5.74, 6) is 1.65. The Morgan fingerprint density at radius 1 is 0.447 bits per heavy atom. The number of cyclic esters (lactones) is 3. The van der Waals surface area contributed by atoms with Crippen molar-refractivity contribution in [3.05, 3.63) is 181 Å². The maximum absolute atomic E-state index is 12.9. The van der Waals surface area contributed by atoms with Crippen molar-refractivity contribution >= 4 is 17.9 Å². The van der Waals surface area contributed by atoms with Crippen LogP contribution in [-0.2, 0) is 61.8 Å². The number of ether oxygens (including phenoxy) is 10. The fourth-order valence-corrected chi connectivity index (χ4v) is 17.9. The average Bonchev–Trinajstić information content (AvgIpc) is 1.67. The van der Waals surface area contributed by atoms with E-state index in [0.717, 1.165) is 119 Å². The maximum atomic E-state index is 12.9. The highest BCUT2D eigenvalue weighted by molar-refractivity contribution is 5.83. The molecule has 12 aliphatic rings. The molecule has 26 atom stereocenters. The lowest BCUT2D eigenvalue weighted by molar-refractivity contribution is -0.149. The normalized spacial score (nSPS) is 38.3. The first-order valence-corrected chi connectivity index (χ1v) is 42.1. The highest BCUT2D eigenvalue weighted by Crippen LogP contribution is 2.50. The van der Waals surface area contributed by atoms with Crippen LogP contribution in [0.1, 0.15) is 224 Å². The van der Waals surface area contributed by atoms with Crippen LogP contribution < -0.4 is 0 Å². The third-order valence-corrected chi connectivity index (χ3v) is 24.1. The molecular weight excluding hydrogens is 1440 g/mol. The first kappa shape index (κ1) is 95.2. The summed E-state index contributed by atoms with van der Waals surface area (Å²) in [5, 5.41) is 43.7. The molecule has 0 saturated heterocycles. The highest BCUT2D eigenvalue weighted by Gasteiger charge is 2.47. The first-order valence-electron chi connectivity index (χ1n) is 42.1. The first-order chi connectivity index (χ1) is 53.4. The van der Waals surface area contributed by atoms with Gasteiger partial charge in [0.2, 0.25) is 0 Å². The van der Waals surface area contributed by atoms with Gasteiger partial charge in [0.1, 0.15) is 30.5 Å². The second kappa shape index (κ2) is 48.2. The molecule has 4 N–H and O–H groups in total. The number of carbonyl (C=O) groups is 3. The van der Waals surface area contributed by atoms with Gasteiger partial charge in [-0.3, -0.25) is 0 Å². The van der Waals surface area contributed by atoms with Crippen LogP contribution in [0.5, 0.6) is 0 Å². The van der Waals surface area contributed by atoms with Gasteiger partial charge in [-0.1, -0.05) is 206 Å². The molecule has 0 aromatic heterocycles. The number of aliphatic hydroxyl groups excluding tert-OH is 4. The van der Waals surface area contributed by atoms with Crippen LogP contribution in [0.4, 0.5) is 0 Å². The Kier molecular flexibility index (Phi) is 40.3. The van der Waals surface area contributed by atoms with Crippen LogP contribution in [0.2, 0.25) is 0 Å². The summed E-state index contributed by atoms with van der Waals surface area (Å²) in [4.78, 5) is 38.2. The number of aliphatic hydroxyl groups is 4. The zero-order chi connectivity index (χ0) is 78.9. The van der Waals surface area contributed by atoms with Gasteiger partial charge in [0.05, 0.1) is 93.1 Å². The summed E-state index contributed by atoms with van der Waals surface area (Å²) >= 11 is 0. The van der Waals surface area contributed by atoms with E-state index in [2.05, 4.69) is 128 Å². The fraction of sp³-hybridized carbons (Fsp3) is 0.660. The molecule has 3 saturated carbocycles. The van der Waals surface area contributed by atoms with Crippen LogP contribution in [0.3, 0.4) is 0 Å². The third-order valence-electron chi connectivity index (χ3n) is 24.1. The van der Waals surface area contributed by atoms with Gasteiger partial charge >= 0.3 is 17.9 Å². The lowest BCUT2D eigenvalue weighted by Gasteiger charge is -2.28. The lowest BCUT2D eigenvalue weighted by Crippen LogP contribution is -2.32. The molecule has 3 fully saturated rings. The molecule has 0 radical (unpaired) electrons. The molecule has 0 amide bonds. The van der Waals surface area contributed by atoms with Gasteiger partial charge in [0.15, 0.2) is 0 Å². The number of methoxy groups -OCH3 is 1. The van der Waals surface area contributed by atoms with Crippen LogP contribution >= 0.6 is 0 Å². The third kappa shape index (κ3) is 33.1. The number of hydrogen-bond acceptors (Lipinski definition) is 17. The van der Waals surface area contributed by atoms with Crippen LogP contribution in [0.25, 0.3) is 0 Å². The summed E-state index contributed by atoms with van der Waals surface area (Å²) in [5.41, 5.74) is 7.20. The van der Waals surface area contributed by atoms with Crippen molar-refractivity contribution in [2.24, 2.45) is 53.3 Å². The van der Waals surface area contributed by atoms with E-state index in [1.807, 2.05) is 30.4 Å². The molecule has 6 bridgehead atoms. The van der Waals surface area contributed by atoms with Gasteiger partial charge in [-0.05, 0) is 228 Å². The van der Waals surface area contributed by atoms with Crippen LogP contribution in [-0.4, -0.2) is 169 Å². The standard InChI is InChI=1S/C32H46O6.C31H44O6.C31H44O5.3CH4/c1-21-13-14-36-26(16-21)11-12-30(35-4)31-20-24-19-28(24)29(33)18-23(3)15-22(2)17-27-9-5-7-25(37-27)8-6-10-32(34)38-31;1-20-12-13-35-25(15-20)10-11-28(32)30-19-23-18-27(23)29(33)17-22(3)14-21(2)16-26-8-4-6-24(36-26)7-5-9-31(34)37-30;1-21-13-14-34-26(16-21)9-5-11-28-19-24-20-29(24)30(32)18-23(3)15-22(2)17-27-10-4-7-25(35-27)8-6-12-31(33)36-28;;;/h5-7,10-13,22,24-31,33H,3,8-9,14-20H2,1-2,4H3;4-6,9-12,21,23-30,32-33H,3,7-8,13-19H2,1-2H3;4-7,9,12-13,22,24-30,32H,3,8,10-11,14-20H2,1-2H3;3*1H4/b10-6-,12-11+;9-5-,11-10+;9-5+,12-6-;;;/t22-,24-,25-,26+,27-,28?,29-,30-,31-;21-,23-,24-,25+,26-,27?,28-,29-,30-;22-,24+,25-,26+,27-,28+,29?,30-;;;/m000.../s1. The van der Waals surface area contributed by atoms with Crippen molar-refractivity contribution in [1.82, 2.24) is 0 Å². The Balaban J connectivity index is 0.000000234. The summed E-state index contributed by atoms with van der Waals surface area (Å²) < 4.78 is 59.5. The number of fused-ring (bicyclic) bond motifs is 9. The van der Waals surface area contributed by atoms with Crippen molar-refractivity contribution in [1.29, 1.82) is 0 Å². The van der Waals surface area contributed by atoms with Crippen molar-refractivity contribution in [2.75, 3.05) is 26.9 Å². The molecule has 17 nitrogen and oxygen atoms in total. The van der Waals surface area contributed by atoms with Crippen LogP contribution in [0.15, 0.2) is 181 Å². The smallest absolute Gasteiger partial charge is 0.330 e. The molecule has 114 heavy (non-hydrogen) atoms. The topological polar surface area (TPSA) is 224 Å². The molecule has 0 aromatic rings. The number of carbonyl (C=O) groups excluding carboxylic acids is 3. The molecule has 0 spiro atoms. The van der Waals surface area contributed by atoms with Gasteiger partial charge in [-0.25, -0.2) is 14.4 Å². The van der Waals surface area contributed by atoms with E-state index in [1.165, 1.54) is 28.9 Å². The van der Waals surface area contributed by atoms with Gasteiger partial charge in [-0.15, -0.1) is 0 Å². The van der Waals surface area contributed by atoms with E-state index in [-0.39, 0.29) is 131 Å². The zero-order valence-corrected chi connectivity index (χ0v) is 67.7. The number of hydrogen-bond donors (Lipinski definition) is 4. The molecular formula is C97H146O17. The van der Waals surface area contributed by atoms with Crippen molar-refractivity contribution in [3.8, 4) is 0 Å². The summed E-state index contributed by atoms with van der Waals surface area (Å²) in [7, 11) is 1.64. The summed E-state index contributed by atoms with van der Waals surface area (Å²) in [6.07, 6.45) is 57.1. The van der Waals surface area contributed by atoms with Gasteiger partial charge < -0.3 is 67.8 Å². The minimum absolute atomic E-state index is 0. The molecule has 636 valence electrons. The molecule has 3 unspecified atom stereocenters. The Bertz CT molecular complexity index is 3430. The van der Waals surface area contributed by atoms with Gasteiger partial charge in [-0.2, -0.15) is 0 Å². The summed E-state index contributed by atoms with van der Waals surface area (Å²) in [6, 6.07) is 0. The van der Waals surface area contributed by atoms with E-state index >= 15 is 0 Å². The van der Waals surface area contributed by atoms with E-state index in [4.69, 9.17) is 47.4 Å². The fourth-order valence-electron chi connectivity index (χ4n) is 17.9. The number of esters is 3. The molecule has 9 heterocycles. The predicted molar refractivity (Wildman–Crippen MR) is 455 cm³/mol. The molecule has 17 heteroatoms. The average molecular weight is 1580 g/mol. The number of rotatable bonds is 10. The second-order valence-corrected chi connectivity index (χ2v) is 34.7. The van der Waals surface area contributed by atoms with Crippen molar-refractivity contribution < 1.29 is 82.2 Å². The molecule has 9 aliphatic heterocycles. The largest absolute Gasteiger partial charge is 0.459 e. The maximum Gasteiger partial charge on any atom is 0.330 e. The van der Waals surface area contributed by atoms with Crippen molar-refractivity contribution in [2.45, 2.75) is 328 Å². The Morgan fingerprint density at radius 3 is 1.20 bits per heavy atom. The lowest BCUT2D eigenvalue weighted by atomic mass is 9.90.